The predicted octanol–water partition coefficient (Wildman–Crippen LogP) is 6.92. The Bertz CT molecular complexity index is 1320. The van der Waals surface area contributed by atoms with Crippen LogP contribution in [0.3, 0.4) is 0 Å². The third-order valence-corrected chi connectivity index (χ3v) is 6.97. The number of para-hydroxylation sites is 1. The molecule has 0 aliphatic carbocycles. The van der Waals surface area contributed by atoms with E-state index in [0.29, 0.717) is 17.4 Å². The molecule has 5 aromatic rings. The van der Waals surface area contributed by atoms with Gasteiger partial charge >= 0.3 is 0 Å². The number of thioether (sulfide) groups is 1. The second-order valence-electron chi connectivity index (χ2n) is 7.11. The molecule has 0 aliphatic heterocycles. The van der Waals surface area contributed by atoms with Crippen LogP contribution in [-0.4, -0.2) is 19.7 Å². The van der Waals surface area contributed by atoms with Crippen molar-refractivity contribution in [1.82, 2.24) is 19.7 Å². The lowest BCUT2D eigenvalue weighted by atomic mass is 10.2. The third-order valence-electron chi connectivity index (χ3n) is 4.82. The van der Waals surface area contributed by atoms with Crippen molar-refractivity contribution >= 4 is 34.7 Å². The van der Waals surface area contributed by atoms with Gasteiger partial charge in [-0.2, -0.15) is 0 Å². The Morgan fingerprint density at radius 3 is 2.36 bits per heavy atom. The van der Waals surface area contributed by atoms with Crippen molar-refractivity contribution < 1.29 is 4.74 Å². The highest BCUT2D eigenvalue weighted by Crippen LogP contribution is 2.29. The molecule has 0 radical (unpaired) electrons. The van der Waals surface area contributed by atoms with Gasteiger partial charge in [-0.15, -0.1) is 21.5 Å². The quantitative estimate of drug-likeness (QED) is 0.221. The molecule has 0 saturated heterocycles. The Kier molecular flexibility index (Phi) is 6.71. The van der Waals surface area contributed by atoms with Gasteiger partial charge in [0.05, 0.1) is 5.69 Å². The van der Waals surface area contributed by atoms with Crippen LogP contribution >= 0.6 is 34.7 Å². The fourth-order valence-corrected chi connectivity index (χ4v) is 5.15. The van der Waals surface area contributed by atoms with Crippen LogP contribution in [0.5, 0.6) is 5.75 Å². The fraction of sp³-hybridized carbons (Fsp3) is 0.0800. The summed E-state index contributed by atoms with van der Waals surface area (Å²) in [6.07, 6.45) is 0. The van der Waals surface area contributed by atoms with E-state index in [1.807, 2.05) is 65.2 Å². The van der Waals surface area contributed by atoms with Crippen LogP contribution in [-0.2, 0) is 12.4 Å². The van der Waals surface area contributed by atoms with E-state index < -0.39 is 0 Å². The first-order chi connectivity index (χ1) is 16.3. The first kappa shape index (κ1) is 21.7. The highest BCUT2D eigenvalue weighted by atomic mass is 35.5. The predicted molar refractivity (Wildman–Crippen MR) is 134 cm³/mol. The second kappa shape index (κ2) is 10.2. The van der Waals surface area contributed by atoms with E-state index in [1.54, 1.807) is 35.2 Å². The Morgan fingerprint density at radius 1 is 0.879 bits per heavy atom. The smallest absolute Gasteiger partial charge is 0.196 e. The number of hydrogen-bond acceptors (Lipinski definition) is 6. The fourth-order valence-electron chi connectivity index (χ4n) is 3.23. The lowest BCUT2D eigenvalue weighted by molar-refractivity contribution is 0.293. The number of aromatic nitrogens is 4. The van der Waals surface area contributed by atoms with Crippen molar-refractivity contribution in [3.63, 3.8) is 0 Å². The molecule has 5 nitrogen and oxygen atoms in total. The topological polar surface area (TPSA) is 52.8 Å². The van der Waals surface area contributed by atoms with Crippen LogP contribution in [0.1, 0.15) is 11.5 Å². The lowest BCUT2D eigenvalue weighted by Gasteiger charge is -2.11. The Hall–Kier alpha value is -3.13. The van der Waals surface area contributed by atoms with Gasteiger partial charge in [-0.05, 0) is 36.4 Å². The Balaban J connectivity index is 1.35. The maximum atomic E-state index is 5.97. The number of ether oxygens (including phenoxy) is 1. The number of rotatable bonds is 8. The highest BCUT2D eigenvalue weighted by Gasteiger charge is 2.16. The van der Waals surface area contributed by atoms with Gasteiger partial charge in [-0.25, -0.2) is 4.98 Å². The summed E-state index contributed by atoms with van der Waals surface area (Å²) in [4.78, 5) is 4.79. The molecular formula is C25H19ClN4OS2. The summed E-state index contributed by atoms with van der Waals surface area (Å²) in [6, 6.07) is 27.6. The van der Waals surface area contributed by atoms with Gasteiger partial charge < -0.3 is 4.74 Å². The summed E-state index contributed by atoms with van der Waals surface area (Å²) >= 11 is 9.23. The Labute approximate surface area is 205 Å². The van der Waals surface area contributed by atoms with E-state index in [2.05, 4.69) is 27.7 Å². The lowest BCUT2D eigenvalue weighted by Crippen LogP contribution is -2.06. The van der Waals surface area contributed by atoms with Gasteiger partial charge in [0, 0.05) is 27.4 Å². The van der Waals surface area contributed by atoms with Crippen LogP contribution in [0.2, 0.25) is 5.02 Å². The minimum absolute atomic E-state index is 0.291. The highest BCUT2D eigenvalue weighted by molar-refractivity contribution is 7.98. The van der Waals surface area contributed by atoms with Crippen molar-refractivity contribution in [2.45, 2.75) is 17.5 Å². The van der Waals surface area contributed by atoms with E-state index in [-0.39, 0.29) is 0 Å². The van der Waals surface area contributed by atoms with Gasteiger partial charge in [0.2, 0.25) is 0 Å². The SMILES string of the molecule is Clc1ccc(OCc2nnc(SCc3csc(-c4ccccc4)n3)n2-c2ccccc2)cc1. The summed E-state index contributed by atoms with van der Waals surface area (Å²) in [7, 11) is 0. The number of thiazole rings is 1. The molecule has 0 spiro atoms. The molecule has 0 N–H and O–H groups in total. The molecule has 0 fully saturated rings. The van der Waals surface area contributed by atoms with Gasteiger partial charge in [0.1, 0.15) is 17.4 Å². The van der Waals surface area contributed by atoms with Gasteiger partial charge in [0.25, 0.3) is 0 Å². The van der Waals surface area contributed by atoms with Crippen LogP contribution in [0, 0.1) is 0 Å². The average Bonchev–Trinajstić information content (AvgIpc) is 3.51. The normalized spacial score (nSPS) is 10.9. The van der Waals surface area contributed by atoms with E-state index in [0.717, 1.165) is 38.7 Å². The molecule has 0 bridgehead atoms. The summed E-state index contributed by atoms with van der Waals surface area (Å²) in [5.41, 5.74) is 3.14. The largest absolute Gasteiger partial charge is 0.486 e. The van der Waals surface area contributed by atoms with Crippen molar-refractivity contribution in [2.75, 3.05) is 0 Å². The number of halogens is 1. The van der Waals surface area contributed by atoms with Gasteiger partial charge in [0.15, 0.2) is 11.0 Å². The number of hydrogen-bond donors (Lipinski definition) is 0. The van der Waals surface area contributed by atoms with Gasteiger partial charge in [-0.1, -0.05) is 71.9 Å². The molecule has 0 saturated carbocycles. The molecule has 3 aromatic carbocycles. The standard InChI is InChI=1S/C25H19ClN4OS2/c26-19-11-13-22(14-12-19)31-15-23-28-29-25(30(23)21-9-5-2-6-10-21)33-17-20-16-32-24(27-20)18-7-3-1-4-8-18/h1-14,16H,15,17H2. The van der Waals surface area contributed by atoms with Crippen molar-refractivity contribution in [1.29, 1.82) is 0 Å². The number of nitrogens with zero attached hydrogens (tertiary/aromatic N) is 4. The molecule has 2 heterocycles. The van der Waals surface area contributed by atoms with Crippen molar-refractivity contribution in [2.24, 2.45) is 0 Å². The summed E-state index contributed by atoms with van der Waals surface area (Å²) in [5, 5.41) is 13.5. The van der Waals surface area contributed by atoms with Crippen LogP contribution < -0.4 is 4.74 Å². The summed E-state index contributed by atoms with van der Waals surface area (Å²) in [5.74, 6) is 2.15. The molecule has 0 aliphatic rings. The van der Waals surface area contributed by atoms with Crippen molar-refractivity contribution in [3.05, 3.63) is 107 Å². The first-order valence-electron chi connectivity index (χ1n) is 10.3. The third kappa shape index (κ3) is 5.27. The zero-order valence-electron chi connectivity index (χ0n) is 17.5. The summed E-state index contributed by atoms with van der Waals surface area (Å²) < 4.78 is 7.97. The minimum Gasteiger partial charge on any atom is -0.486 e. The Morgan fingerprint density at radius 2 is 1.61 bits per heavy atom. The maximum absolute atomic E-state index is 5.97. The molecular weight excluding hydrogens is 472 g/mol. The molecule has 33 heavy (non-hydrogen) atoms. The average molecular weight is 491 g/mol. The van der Waals surface area contributed by atoms with Gasteiger partial charge in [-0.3, -0.25) is 4.57 Å². The number of benzene rings is 3. The van der Waals surface area contributed by atoms with Crippen LogP contribution in [0.15, 0.2) is 95.5 Å². The minimum atomic E-state index is 0.291. The first-order valence-corrected chi connectivity index (χ1v) is 12.5. The van der Waals surface area contributed by atoms with Crippen LogP contribution in [0.25, 0.3) is 16.3 Å². The maximum Gasteiger partial charge on any atom is 0.196 e. The molecule has 2 aromatic heterocycles. The molecule has 164 valence electrons. The van der Waals surface area contributed by atoms with E-state index >= 15 is 0 Å². The van der Waals surface area contributed by atoms with E-state index in [9.17, 15) is 0 Å². The summed E-state index contributed by atoms with van der Waals surface area (Å²) in [6.45, 7) is 0.291. The molecule has 8 heteroatoms. The zero-order valence-corrected chi connectivity index (χ0v) is 19.9. The molecule has 5 rings (SSSR count). The zero-order chi connectivity index (χ0) is 22.5. The van der Waals surface area contributed by atoms with Crippen LogP contribution in [0.4, 0.5) is 0 Å². The second-order valence-corrected chi connectivity index (χ2v) is 9.35. The van der Waals surface area contributed by atoms with E-state index in [4.69, 9.17) is 21.3 Å². The monoisotopic (exact) mass is 490 g/mol. The molecule has 0 unspecified atom stereocenters. The molecule has 0 amide bonds. The van der Waals surface area contributed by atoms with E-state index in [1.165, 1.54) is 0 Å². The molecule has 0 atom stereocenters. The van der Waals surface area contributed by atoms with Crippen molar-refractivity contribution in [3.8, 4) is 22.0 Å².